The molecule has 0 unspecified atom stereocenters. The zero-order valence-corrected chi connectivity index (χ0v) is 62.6. The number of aliphatic hydroxyl groups excluding tert-OH is 2. The number of carbonyl (C=O) groups is 20. The number of aliphatic hydroxyl groups is 2. The highest BCUT2D eigenvalue weighted by atomic mass is 32.2. The molecule has 0 radical (unpaired) electrons. The summed E-state index contributed by atoms with van der Waals surface area (Å²) in [5.74, 6) is -22.1. The van der Waals surface area contributed by atoms with Crippen LogP contribution in [0.3, 0.4) is 0 Å². The molecule has 0 spiro atoms. The quantitative estimate of drug-likeness (QED) is 0.0213. The van der Waals surface area contributed by atoms with Crippen molar-refractivity contribution in [2.45, 2.75) is 181 Å². The monoisotopic (exact) mass is 1620 g/mol. The number of likely N-dealkylation sites (tertiary alicyclic amines) is 2. The first kappa shape index (κ1) is 93.1. The fourth-order valence-electron chi connectivity index (χ4n) is 11.7. The van der Waals surface area contributed by atoms with E-state index in [4.69, 9.17) is 17.2 Å². The zero-order valence-electron chi connectivity index (χ0n) is 61.0. The summed E-state index contributed by atoms with van der Waals surface area (Å²) in [5, 5.41) is 77.7. The average Bonchev–Trinajstić information content (AvgIpc) is 1.65. The lowest BCUT2D eigenvalue weighted by Gasteiger charge is -2.30. The first-order valence-corrected chi connectivity index (χ1v) is 37.8. The third-order valence-corrected chi connectivity index (χ3v) is 19.5. The second-order valence-electron chi connectivity index (χ2n) is 26.0. The van der Waals surface area contributed by atoms with Gasteiger partial charge in [-0.1, -0.05) is 42.5 Å². The number of thioether (sulfide) groups is 2. The largest absolute Gasteiger partial charge is 0.481 e. The highest BCUT2D eigenvalue weighted by Gasteiger charge is 2.43. The van der Waals surface area contributed by atoms with Crippen LogP contribution in [0.15, 0.2) is 55.6 Å². The molecule has 42 nitrogen and oxygen atoms in total. The molecule has 0 aliphatic carbocycles. The van der Waals surface area contributed by atoms with E-state index in [1.165, 1.54) is 12.2 Å². The summed E-state index contributed by atoms with van der Waals surface area (Å²) in [4.78, 5) is 267. The number of rotatable bonds is 51. The van der Waals surface area contributed by atoms with Crippen molar-refractivity contribution in [3.63, 3.8) is 0 Å². The Balaban J connectivity index is 1.48. The van der Waals surface area contributed by atoms with E-state index < -0.39 is 269 Å². The topological polar surface area (TPSA) is 671 Å². The number of hydrogen-bond donors (Lipinski definition) is 20. The van der Waals surface area contributed by atoms with Gasteiger partial charge < -0.3 is 116 Å². The third-order valence-electron chi connectivity index (χ3n) is 17.5. The maximum Gasteiger partial charge on any atom is 0.327 e. The van der Waals surface area contributed by atoms with Crippen LogP contribution in [0.1, 0.15) is 102 Å². The Bertz CT molecular complexity index is 3630. The van der Waals surface area contributed by atoms with Gasteiger partial charge in [0.05, 0.1) is 26.2 Å². The predicted octanol–water partition coefficient (Wildman–Crippen LogP) is -8.50. The van der Waals surface area contributed by atoms with Crippen LogP contribution in [0.2, 0.25) is 0 Å². The van der Waals surface area contributed by atoms with E-state index in [9.17, 15) is 121 Å². The highest BCUT2D eigenvalue weighted by Crippen LogP contribution is 2.23. The molecular formula is C68H97N17O25S2. The Morgan fingerprint density at radius 2 is 0.902 bits per heavy atom. The van der Waals surface area contributed by atoms with Gasteiger partial charge in [-0.3, -0.25) is 91.1 Å². The lowest BCUT2D eigenvalue weighted by molar-refractivity contribution is -0.144. The van der Waals surface area contributed by atoms with E-state index in [-0.39, 0.29) is 81.2 Å². The number of nitrogens with one attached hydrogen (secondary N) is 12. The summed E-state index contributed by atoms with van der Waals surface area (Å²) in [6, 6.07) is -12.6. The first-order chi connectivity index (χ1) is 53.1. The van der Waals surface area contributed by atoms with E-state index in [1.54, 1.807) is 30.3 Å². The van der Waals surface area contributed by atoms with Gasteiger partial charge in [-0.15, -0.1) is 13.2 Å². The summed E-state index contributed by atoms with van der Waals surface area (Å²) in [6.07, 6.45) is -2.79. The Kier molecular flexibility index (Phi) is 39.7. The number of nitrogens with two attached hydrogens (primary N) is 3. The van der Waals surface area contributed by atoms with Crippen LogP contribution < -0.4 is 81.0 Å². The van der Waals surface area contributed by atoms with E-state index >= 15 is 0 Å². The van der Waals surface area contributed by atoms with Crippen LogP contribution >= 0.6 is 23.5 Å². The van der Waals surface area contributed by atoms with Crippen LogP contribution in [-0.4, -0.2) is 288 Å². The molecule has 0 saturated carbocycles. The standard InChI is InChI=1S/C68H97N17O25S2/c1-3-26-111-33-45(82-61(102)42(29-51(71)90)79-59(100)39(18-23-55(95)96)76-64(105)47-12-9-25-85(47)67(108)44(32-87)81-60(101)41(28-35-10-6-5-7-11-35)78-57(98)37-16-21-52(91)73-37)63(104)75-36(14-19-49(69)88)56(97)72-30-53(92)74-38(17-22-54(93)94)58(99)80-43(31-86)62(103)77-40(15-20-50(70)89)66(107)84-24-8-13-48(84)65(106)83-46(68(109)110)34-112-27-4-2/h3-7,10-11,36-48,86-87H,1-2,8-9,12-34H2,(H2,69,88)(H2,70,89)(H2,71,90)(H,72,97)(H,73,91)(H,74,92)(H,75,104)(H,76,105)(H,77,103)(H,78,98)(H,79,100)(H,80,99)(H,81,101)(H,82,102)(H,83,106)(H,93,94)(H,95,96)(H,109,110)/t36-,37-,38-,39-,40-,41-,42-,43-,44-,45-,46-,47-,48-/m0/s1. The number of aliphatic carboxylic acids is 3. The summed E-state index contributed by atoms with van der Waals surface area (Å²) in [6.45, 7) is 3.66. The molecule has 3 aliphatic rings. The van der Waals surface area contributed by atoms with Crippen molar-refractivity contribution >= 4 is 142 Å². The maximum atomic E-state index is 14.2. The molecule has 3 fully saturated rings. The van der Waals surface area contributed by atoms with Crippen LogP contribution in [0, 0.1) is 0 Å². The molecular weight excluding hydrogens is 1520 g/mol. The minimum atomic E-state index is -2.01. The number of hydrogen-bond acceptors (Lipinski definition) is 24. The molecule has 23 N–H and O–H groups in total. The van der Waals surface area contributed by atoms with E-state index in [0.29, 0.717) is 11.3 Å². The van der Waals surface area contributed by atoms with Gasteiger partial charge in [0.1, 0.15) is 78.5 Å². The van der Waals surface area contributed by atoms with Gasteiger partial charge in [0.2, 0.25) is 100 Å². The molecule has 3 aliphatic heterocycles. The van der Waals surface area contributed by atoms with Gasteiger partial charge in [-0.05, 0) is 63.4 Å². The minimum Gasteiger partial charge on any atom is -0.481 e. The highest BCUT2D eigenvalue weighted by molar-refractivity contribution is 7.99. The third kappa shape index (κ3) is 31.6. The van der Waals surface area contributed by atoms with Crippen molar-refractivity contribution in [3.8, 4) is 0 Å². The zero-order chi connectivity index (χ0) is 83.3. The Labute approximate surface area is 649 Å². The van der Waals surface area contributed by atoms with Crippen LogP contribution in [0.4, 0.5) is 0 Å². The summed E-state index contributed by atoms with van der Waals surface area (Å²) >= 11 is 2.13. The summed E-state index contributed by atoms with van der Waals surface area (Å²) in [7, 11) is 0. The van der Waals surface area contributed by atoms with Gasteiger partial charge in [0.15, 0.2) is 0 Å². The SMILES string of the molecule is C=CCSC[C@H](NC(=O)[C@@H]1CCCN1C(=O)[C@H](CCC(N)=O)NC(=O)[C@H](CO)NC(=O)[C@H](CCC(=O)O)NC(=O)CNC(=O)[C@H](CCC(N)=O)NC(=O)[C@H](CSCC=C)NC(=O)[C@H](CC(N)=O)NC(=O)[C@H](CCC(=O)O)NC(=O)[C@@H]1CCCN1C(=O)[C@H](CO)NC(=O)[C@H](Cc1ccccc1)NC(=O)[C@@H]1CCC(=O)N1)C(=O)O. The Morgan fingerprint density at radius 1 is 0.482 bits per heavy atom. The van der Waals surface area contributed by atoms with Crippen LogP contribution in [0.5, 0.6) is 0 Å². The average molecular weight is 1620 g/mol. The number of carboxylic acids is 3. The number of nitrogens with zero attached hydrogens (tertiary/aromatic N) is 2. The molecule has 3 heterocycles. The molecule has 616 valence electrons. The van der Waals surface area contributed by atoms with Gasteiger partial charge in [0, 0.05) is 74.6 Å². The number of carboxylic acid groups (broad SMARTS) is 3. The Hall–Kier alpha value is -11.3. The smallest absolute Gasteiger partial charge is 0.327 e. The summed E-state index contributed by atoms with van der Waals surface area (Å²) < 4.78 is 0. The lowest BCUT2D eigenvalue weighted by Crippen LogP contribution is -2.61. The van der Waals surface area contributed by atoms with Crippen molar-refractivity contribution in [2.75, 3.05) is 55.9 Å². The van der Waals surface area contributed by atoms with E-state index in [1.807, 2.05) is 0 Å². The minimum absolute atomic E-state index is 0.0564. The first-order valence-electron chi connectivity index (χ1n) is 35.5. The second kappa shape index (κ2) is 47.7. The van der Waals surface area contributed by atoms with E-state index in [0.717, 1.165) is 33.3 Å². The molecule has 0 bridgehead atoms. The van der Waals surface area contributed by atoms with Crippen molar-refractivity contribution < 1.29 is 121 Å². The number of amides is 17. The van der Waals surface area contributed by atoms with Crippen molar-refractivity contribution in [2.24, 2.45) is 17.2 Å². The van der Waals surface area contributed by atoms with Gasteiger partial charge in [-0.2, -0.15) is 23.5 Å². The van der Waals surface area contributed by atoms with Gasteiger partial charge >= 0.3 is 17.9 Å². The van der Waals surface area contributed by atoms with Crippen molar-refractivity contribution in [3.05, 3.63) is 61.2 Å². The van der Waals surface area contributed by atoms with Crippen LogP contribution in [0.25, 0.3) is 0 Å². The molecule has 1 aromatic carbocycles. The second-order valence-corrected chi connectivity index (χ2v) is 28.2. The fourth-order valence-corrected chi connectivity index (χ4v) is 13.3. The molecule has 17 amide bonds. The van der Waals surface area contributed by atoms with Crippen molar-refractivity contribution in [1.29, 1.82) is 0 Å². The maximum absolute atomic E-state index is 14.2. The molecule has 112 heavy (non-hydrogen) atoms. The molecule has 13 atom stereocenters. The van der Waals surface area contributed by atoms with Gasteiger partial charge in [-0.25, -0.2) is 4.79 Å². The molecule has 0 aromatic heterocycles. The fraction of sp³-hybridized carbons (Fsp3) is 0.559. The molecule has 4 rings (SSSR count). The lowest BCUT2D eigenvalue weighted by atomic mass is 10.0. The van der Waals surface area contributed by atoms with Crippen molar-refractivity contribution in [1.82, 2.24) is 73.6 Å². The molecule has 1 aromatic rings. The number of primary amides is 3. The Morgan fingerprint density at radius 3 is 1.40 bits per heavy atom. The number of carbonyl (C=O) groups excluding carboxylic acids is 17. The molecule has 3 saturated heterocycles. The summed E-state index contributed by atoms with van der Waals surface area (Å²) in [5.41, 5.74) is 16.8. The number of benzene rings is 1. The normalized spacial score (nSPS) is 17.6. The van der Waals surface area contributed by atoms with Crippen LogP contribution in [-0.2, 0) is 102 Å². The molecule has 44 heteroatoms. The predicted molar refractivity (Wildman–Crippen MR) is 394 cm³/mol. The van der Waals surface area contributed by atoms with Gasteiger partial charge in [0.25, 0.3) is 0 Å². The van der Waals surface area contributed by atoms with E-state index in [2.05, 4.69) is 77.0 Å².